The van der Waals surface area contributed by atoms with Gasteiger partial charge in [0.15, 0.2) is 11.6 Å². The van der Waals surface area contributed by atoms with E-state index in [1.165, 1.54) is 6.07 Å². The highest BCUT2D eigenvalue weighted by atomic mass is 35.5. The van der Waals surface area contributed by atoms with Crippen molar-refractivity contribution in [3.63, 3.8) is 0 Å². The summed E-state index contributed by atoms with van der Waals surface area (Å²) >= 11 is 12.9. The van der Waals surface area contributed by atoms with Crippen molar-refractivity contribution in [3.8, 4) is 22.6 Å². The average Bonchev–Trinajstić information content (AvgIpc) is 3.21. The van der Waals surface area contributed by atoms with Gasteiger partial charge in [0.1, 0.15) is 23.8 Å². The maximum atomic E-state index is 14.7. The Bertz CT molecular complexity index is 1120. The predicted octanol–water partition coefficient (Wildman–Crippen LogP) is 4.78. The standard InChI is InChI=1S/C22H24Cl2FN5O2/c1-12(31-18-7-13(9-28-22(18)26)14-10-29-30(2)11-14)19-20(23)16(25)8-17(21(19)24)32-15-3-5-27-6-4-15/h7-12,15,27H,3-6H2,1-2H3,(H2,26,28). The van der Waals surface area contributed by atoms with Gasteiger partial charge in [-0.1, -0.05) is 23.2 Å². The number of hydrogen-bond acceptors (Lipinski definition) is 6. The van der Waals surface area contributed by atoms with Crippen LogP contribution in [0.1, 0.15) is 31.4 Å². The molecule has 0 bridgehead atoms. The van der Waals surface area contributed by atoms with Crippen molar-refractivity contribution in [2.24, 2.45) is 7.05 Å². The fourth-order valence-electron chi connectivity index (χ4n) is 3.66. The van der Waals surface area contributed by atoms with Crippen LogP contribution >= 0.6 is 23.2 Å². The van der Waals surface area contributed by atoms with E-state index in [-0.39, 0.29) is 27.7 Å². The number of benzene rings is 1. The first-order valence-corrected chi connectivity index (χ1v) is 11.0. The Morgan fingerprint density at radius 3 is 2.59 bits per heavy atom. The number of ether oxygens (including phenoxy) is 2. The van der Waals surface area contributed by atoms with Gasteiger partial charge in [-0.3, -0.25) is 4.68 Å². The Morgan fingerprint density at radius 1 is 1.16 bits per heavy atom. The summed E-state index contributed by atoms with van der Waals surface area (Å²) in [6, 6.07) is 2.98. The molecule has 32 heavy (non-hydrogen) atoms. The van der Waals surface area contributed by atoms with Gasteiger partial charge in [0.2, 0.25) is 0 Å². The summed E-state index contributed by atoms with van der Waals surface area (Å²) in [5.41, 5.74) is 7.96. The van der Waals surface area contributed by atoms with Crippen LogP contribution in [-0.4, -0.2) is 34.0 Å². The second-order valence-corrected chi connectivity index (χ2v) is 8.49. The zero-order chi connectivity index (χ0) is 22.8. The second-order valence-electron chi connectivity index (χ2n) is 7.74. The van der Waals surface area contributed by atoms with E-state index in [0.29, 0.717) is 11.3 Å². The monoisotopic (exact) mass is 479 g/mol. The molecule has 1 saturated heterocycles. The number of nitrogens with zero attached hydrogens (tertiary/aromatic N) is 3. The minimum Gasteiger partial charge on any atom is -0.489 e. The Hall–Kier alpha value is -2.55. The van der Waals surface area contributed by atoms with Crippen molar-refractivity contribution >= 4 is 29.0 Å². The molecule has 3 aromatic rings. The summed E-state index contributed by atoms with van der Waals surface area (Å²) in [5, 5.41) is 7.53. The highest BCUT2D eigenvalue weighted by Crippen LogP contribution is 2.42. The first-order chi connectivity index (χ1) is 15.3. The third kappa shape index (κ3) is 4.77. The summed E-state index contributed by atoms with van der Waals surface area (Å²) in [7, 11) is 1.82. The third-order valence-electron chi connectivity index (χ3n) is 5.37. The van der Waals surface area contributed by atoms with Crippen LogP contribution in [0.15, 0.2) is 30.7 Å². The fraction of sp³-hybridized carbons (Fsp3) is 0.364. The number of nitrogens with one attached hydrogen (secondary N) is 1. The van der Waals surface area contributed by atoms with Crippen LogP contribution in [-0.2, 0) is 7.05 Å². The normalized spacial score (nSPS) is 15.5. The lowest BCUT2D eigenvalue weighted by Gasteiger charge is -2.26. The molecule has 0 amide bonds. The van der Waals surface area contributed by atoms with E-state index in [1.807, 2.05) is 13.2 Å². The summed E-state index contributed by atoms with van der Waals surface area (Å²) in [4.78, 5) is 4.21. The Kier molecular flexibility index (Phi) is 6.74. The number of nitrogen functional groups attached to an aromatic ring is 1. The van der Waals surface area contributed by atoms with Crippen LogP contribution in [0.5, 0.6) is 11.5 Å². The molecule has 0 radical (unpaired) electrons. The van der Waals surface area contributed by atoms with Gasteiger partial charge in [-0.15, -0.1) is 0 Å². The number of hydrogen-bond donors (Lipinski definition) is 2. The number of nitrogens with two attached hydrogens (primary N) is 1. The largest absolute Gasteiger partial charge is 0.489 e. The molecule has 1 atom stereocenters. The minimum atomic E-state index is -0.714. The number of halogens is 3. The molecule has 0 saturated carbocycles. The maximum Gasteiger partial charge on any atom is 0.166 e. The van der Waals surface area contributed by atoms with Crippen LogP contribution in [0.25, 0.3) is 11.1 Å². The molecule has 3 N–H and O–H groups in total. The lowest BCUT2D eigenvalue weighted by Crippen LogP contribution is -2.34. The average molecular weight is 480 g/mol. The SMILES string of the molecule is CC(Oc1cc(-c2cnn(C)c2)cnc1N)c1c(Cl)c(F)cc(OC2CCNCC2)c1Cl. The van der Waals surface area contributed by atoms with E-state index in [1.54, 1.807) is 30.1 Å². The molecule has 1 unspecified atom stereocenters. The molecule has 1 aromatic carbocycles. The van der Waals surface area contributed by atoms with Crippen LogP contribution in [0, 0.1) is 5.82 Å². The summed E-state index contributed by atoms with van der Waals surface area (Å²) in [5.74, 6) is 0.150. The van der Waals surface area contributed by atoms with Gasteiger partial charge in [0, 0.05) is 42.2 Å². The molecule has 170 valence electrons. The molecule has 3 heterocycles. The molecule has 4 rings (SSSR count). The van der Waals surface area contributed by atoms with Crippen LogP contribution < -0.4 is 20.5 Å². The third-order valence-corrected chi connectivity index (χ3v) is 6.14. The van der Waals surface area contributed by atoms with E-state index in [0.717, 1.165) is 37.1 Å². The van der Waals surface area contributed by atoms with Crippen molar-refractivity contribution < 1.29 is 13.9 Å². The van der Waals surface area contributed by atoms with Crippen molar-refractivity contribution in [2.75, 3.05) is 18.8 Å². The fourth-order valence-corrected chi connectivity index (χ4v) is 4.36. The van der Waals surface area contributed by atoms with Gasteiger partial charge in [-0.25, -0.2) is 9.37 Å². The van der Waals surface area contributed by atoms with Gasteiger partial charge in [-0.2, -0.15) is 5.10 Å². The highest BCUT2D eigenvalue weighted by molar-refractivity contribution is 6.37. The zero-order valence-corrected chi connectivity index (χ0v) is 19.3. The first-order valence-electron chi connectivity index (χ1n) is 10.3. The molecular weight excluding hydrogens is 456 g/mol. The van der Waals surface area contributed by atoms with Gasteiger partial charge >= 0.3 is 0 Å². The van der Waals surface area contributed by atoms with Crippen molar-refractivity contribution in [1.82, 2.24) is 20.1 Å². The van der Waals surface area contributed by atoms with Gasteiger partial charge in [0.05, 0.1) is 16.2 Å². The number of anilines is 1. The summed E-state index contributed by atoms with van der Waals surface area (Å²) < 4.78 is 28.4. The summed E-state index contributed by atoms with van der Waals surface area (Å²) in [6.07, 6.45) is 6.06. The molecular formula is C22H24Cl2FN5O2. The number of rotatable bonds is 6. The molecule has 0 aliphatic carbocycles. The van der Waals surface area contributed by atoms with Crippen LogP contribution in [0.4, 0.5) is 10.2 Å². The molecule has 1 fully saturated rings. The predicted molar refractivity (Wildman–Crippen MR) is 123 cm³/mol. The van der Waals surface area contributed by atoms with Crippen molar-refractivity contribution in [3.05, 3.63) is 52.1 Å². The highest BCUT2D eigenvalue weighted by Gasteiger charge is 2.25. The lowest BCUT2D eigenvalue weighted by molar-refractivity contribution is 0.161. The molecule has 1 aliphatic rings. The minimum absolute atomic E-state index is 0.0468. The van der Waals surface area contributed by atoms with Gasteiger partial charge in [-0.05, 0) is 38.9 Å². The molecule has 2 aromatic heterocycles. The summed E-state index contributed by atoms with van der Waals surface area (Å²) in [6.45, 7) is 3.39. The Labute approximate surface area is 195 Å². The second kappa shape index (κ2) is 9.52. The quantitative estimate of drug-likeness (QED) is 0.494. The van der Waals surface area contributed by atoms with E-state index in [2.05, 4.69) is 15.4 Å². The van der Waals surface area contributed by atoms with Crippen LogP contribution in [0.2, 0.25) is 10.0 Å². The zero-order valence-electron chi connectivity index (χ0n) is 17.7. The number of piperidine rings is 1. The first kappa shape index (κ1) is 22.6. The molecule has 1 aliphatic heterocycles. The van der Waals surface area contributed by atoms with E-state index in [9.17, 15) is 4.39 Å². The van der Waals surface area contributed by atoms with Gasteiger partial charge < -0.3 is 20.5 Å². The van der Waals surface area contributed by atoms with Crippen molar-refractivity contribution in [2.45, 2.75) is 32.0 Å². The maximum absolute atomic E-state index is 14.7. The van der Waals surface area contributed by atoms with Crippen molar-refractivity contribution in [1.29, 1.82) is 0 Å². The lowest BCUT2D eigenvalue weighted by atomic mass is 10.1. The number of aromatic nitrogens is 3. The Morgan fingerprint density at radius 2 is 1.91 bits per heavy atom. The van der Waals surface area contributed by atoms with Gasteiger partial charge in [0.25, 0.3) is 0 Å². The molecule has 0 spiro atoms. The van der Waals surface area contributed by atoms with E-state index >= 15 is 0 Å². The molecule has 10 heteroatoms. The Balaban J connectivity index is 1.62. The molecule has 7 nitrogen and oxygen atoms in total. The number of aryl methyl sites for hydroxylation is 1. The number of pyridine rings is 1. The van der Waals surface area contributed by atoms with Crippen LogP contribution in [0.3, 0.4) is 0 Å². The van der Waals surface area contributed by atoms with E-state index in [4.69, 9.17) is 38.4 Å². The topological polar surface area (TPSA) is 87.2 Å². The smallest absolute Gasteiger partial charge is 0.166 e. The van der Waals surface area contributed by atoms with E-state index < -0.39 is 11.9 Å².